The van der Waals surface area contributed by atoms with Crippen LogP contribution < -0.4 is 0 Å². The zero-order valence-electron chi connectivity index (χ0n) is 8.64. The Kier molecular flexibility index (Phi) is 2.05. The van der Waals surface area contributed by atoms with E-state index in [2.05, 4.69) is 44.3 Å². The summed E-state index contributed by atoms with van der Waals surface area (Å²) in [6.45, 7) is 2.83. The minimum absolute atomic E-state index is 0.524. The highest BCUT2D eigenvalue weighted by atomic mass is 15.5. The maximum atomic E-state index is 8.76. The Hall–Kier alpha value is -1.33. The lowest BCUT2D eigenvalue weighted by Gasteiger charge is -2.10. The molecular weight excluding hydrogens is 172 g/mol. The number of hydrogen-bond acceptors (Lipinski definition) is 1. The summed E-state index contributed by atoms with van der Waals surface area (Å²) >= 11 is 0. The van der Waals surface area contributed by atoms with Crippen molar-refractivity contribution in [2.75, 3.05) is 13.6 Å². The van der Waals surface area contributed by atoms with Gasteiger partial charge < -0.3 is 0 Å². The zero-order chi connectivity index (χ0) is 10.2. The van der Waals surface area contributed by atoms with Gasteiger partial charge in [0.2, 0.25) is 0 Å². The van der Waals surface area contributed by atoms with E-state index in [1.807, 2.05) is 6.07 Å². The Balaban J connectivity index is 2.21. The second-order valence-electron chi connectivity index (χ2n) is 4.26. The molecule has 1 aromatic carbocycles. The first kappa shape index (κ1) is 9.23. The average Bonchev–Trinajstić information content (AvgIpc) is 2.71. The molecule has 3 atom stereocenters. The summed E-state index contributed by atoms with van der Waals surface area (Å²) in [5, 5.41) is 8.76. The third-order valence-electron chi connectivity index (χ3n) is 3.49. The third-order valence-corrected chi connectivity index (χ3v) is 3.49. The molecule has 72 valence electrons. The molecule has 1 aliphatic heterocycles. The lowest BCUT2D eigenvalue weighted by Crippen LogP contribution is -2.23. The van der Waals surface area contributed by atoms with Gasteiger partial charge in [-0.15, -0.1) is 0 Å². The molecule has 0 aromatic heterocycles. The number of nitriles is 1. The predicted molar refractivity (Wildman–Crippen MR) is 55.3 cm³/mol. The Morgan fingerprint density at radius 2 is 2.00 bits per heavy atom. The molecule has 1 saturated heterocycles. The standard InChI is InChI=1S/C12H15N2/c1-10-12(14(10,2)9-8-13)11-6-4-3-5-7-11/h3-7,10,12H,9H2,1-2H3/q+1/t10-,12-,14?/m0/s1. The predicted octanol–water partition coefficient (Wildman–Crippen LogP) is 2.10. The summed E-state index contributed by atoms with van der Waals surface area (Å²) in [7, 11) is 2.16. The normalized spacial score (nSPS) is 34.9. The Labute approximate surface area is 85.0 Å². The molecular formula is C12H15N2+. The second-order valence-corrected chi connectivity index (χ2v) is 4.26. The minimum Gasteiger partial charge on any atom is -0.296 e. The highest BCUT2D eigenvalue weighted by molar-refractivity contribution is 5.22. The molecule has 2 nitrogen and oxygen atoms in total. The molecule has 1 unspecified atom stereocenters. The summed E-state index contributed by atoms with van der Waals surface area (Å²) in [6.07, 6.45) is 0. The van der Waals surface area contributed by atoms with Gasteiger partial charge in [0.1, 0.15) is 12.1 Å². The van der Waals surface area contributed by atoms with Gasteiger partial charge in [-0.05, 0) is 6.92 Å². The molecule has 0 aliphatic carbocycles. The molecule has 0 spiro atoms. The van der Waals surface area contributed by atoms with E-state index in [1.54, 1.807) is 0 Å². The van der Waals surface area contributed by atoms with Crippen LogP contribution in [0.25, 0.3) is 0 Å². The van der Waals surface area contributed by atoms with Crippen molar-refractivity contribution >= 4 is 0 Å². The Bertz CT molecular complexity index is 366. The first-order valence-corrected chi connectivity index (χ1v) is 4.97. The minimum atomic E-state index is 0.524. The fourth-order valence-electron chi connectivity index (χ4n) is 2.36. The summed E-state index contributed by atoms with van der Waals surface area (Å²) in [6, 6.07) is 13.9. The first-order chi connectivity index (χ1) is 6.70. The van der Waals surface area contributed by atoms with E-state index >= 15 is 0 Å². The van der Waals surface area contributed by atoms with Gasteiger partial charge in [0.05, 0.1) is 7.05 Å². The van der Waals surface area contributed by atoms with Gasteiger partial charge >= 0.3 is 0 Å². The molecule has 0 amide bonds. The van der Waals surface area contributed by atoms with E-state index in [0.29, 0.717) is 18.6 Å². The van der Waals surface area contributed by atoms with Crippen molar-refractivity contribution in [1.29, 1.82) is 5.26 Å². The second kappa shape index (κ2) is 3.11. The van der Waals surface area contributed by atoms with E-state index in [9.17, 15) is 0 Å². The largest absolute Gasteiger partial charge is 0.296 e. The molecule has 0 radical (unpaired) electrons. The number of nitrogens with zero attached hydrogens (tertiary/aromatic N) is 2. The number of rotatable bonds is 2. The van der Waals surface area contributed by atoms with Gasteiger partial charge in [-0.25, -0.2) is 0 Å². The third kappa shape index (κ3) is 1.21. The van der Waals surface area contributed by atoms with E-state index in [-0.39, 0.29) is 0 Å². The number of quaternary nitrogens is 1. The van der Waals surface area contributed by atoms with Gasteiger partial charge in [-0.3, -0.25) is 4.48 Å². The zero-order valence-corrected chi connectivity index (χ0v) is 8.64. The summed E-state index contributed by atoms with van der Waals surface area (Å²) < 4.78 is 0.876. The van der Waals surface area contributed by atoms with Crippen LogP contribution in [0, 0.1) is 11.3 Å². The van der Waals surface area contributed by atoms with Crippen molar-refractivity contribution in [2.45, 2.75) is 19.0 Å². The van der Waals surface area contributed by atoms with Crippen LogP contribution in [0.15, 0.2) is 30.3 Å². The number of benzene rings is 1. The molecule has 2 heteroatoms. The highest BCUT2D eigenvalue weighted by Crippen LogP contribution is 2.49. The maximum absolute atomic E-state index is 8.76. The monoisotopic (exact) mass is 187 g/mol. The molecule has 1 aliphatic rings. The molecule has 1 heterocycles. The van der Waals surface area contributed by atoms with Crippen molar-refractivity contribution in [3.8, 4) is 6.07 Å². The lowest BCUT2D eigenvalue weighted by atomic mass is 10.1. The van der Waals surface area contributed by atoms with E-state index in [4.69, 9.17) is 5.26 Å². The fourth-order valence-corrected chi connectivity index (χ4v) is 2.36. The van der Waals surface area contributed by atoms with Crippen molar-refractivity contribution in [1.82, 2.24) is 0 Å². The molecule has 0 bridgehead atoms. The number of hydrogen-bond donors (Lipinski definition) is 0. The SMILES string of the molecule is C[C@H]1[C@@H](c2ccccc2)[N+]1(C)CC#N. The van der Waals surface area contributed by atoms with Crippen LogP contribution >= 0.6 is 0 Å². The summed E-state index contributed by atoms with van der Waals surface area (Å²) in [4.78, 5) is 0. The summed E-state index contributed by atoms with van der Waals surface area (Å²) in [5.74, 6) is 0. The molecule has 2 rings (SSSR count). The Morgan fingerprint density at radius 1 is 1.36 bits per heavy atom. The van der Waals surface area contributed by atoms with Gasteiger partial charge in [-0.2, -0.15) is 5.26 Å². The van der Waals surface area contributed by atoms with Gasteiger partial charge in [0.15, 0.2) is 12.6 Å². The van der Waals surface area contributed by atoms with Gasteiger partial charge in [0, 0.05) is 5.56 Å². The molecule has 1 fully saturated rings. The average molecular weight is 187 g/mol. The maximum Gasteiger partial charge on any atom is 0.168 e. The van der Waals surface area contributed by atoms with E-state index in [1.165, 1.54) is 5.56 Å². The van der Waals surface area contributed by atoms with Crippen LogP contribution in [0.3, 0.4) is 0 Å². The Morgan fingerprint density at radius 3 is 2.57 bits per heavy atom. The van der Waals surface area contributed by atoms with E-state index in [0.717, 1.165) is 4.48 Å². The summed E-state index contributed by atoms with van der Waals surface area (Å²) in [5.41, 5.74) is 1.36. The van der Waals surface area contributed by atoms with Gasteiger partial charge in [0.25, 0.3) is 0 Å². The van der Waals surface area contributed by atoms with E-state index < -0.39 is 0 Å². The fraction of sp³-hybridized carbons (Fsp3) is 0.417. The van der Waals surface area contributed by atoms with Crippen LogP contribution in [0.4, 0.5) is 0 Å². The topological polar surface area (TPSA) is 23.8 Å². The number of likely N-dealkylation sites (N-methyl/N-ethyl adjacent to an activating group) is 1. The molecule has 0 N–H and O–H groups in total. The van der Waals surface area contributed by atoms with Crippen molar-refractivity contribution in [2.24, 2.45) is 0 Å². The van der Waals surface area contributed by atoms with Crippen LogP contribution in [0.5, 0.6) is 0 Å². The quantitative estimate of drug-likeness (QED) is 0.395. The molecule has 0 saturated carbocycles. The van der Waals surface area contributed by atoms with Crippen molar-refractivity contribution < 1.29 is 4.48 Å². The molecule has 1 aromatic rings. The first-order valence-electron chi connectivity index (χ1n) is 4.97. The lowest BCUT2D eigenvalue weighted by molar-refractivity contribution is -0.799. The molecule has 14 heavy (non-hydrogen) atoms. The smallest absolute Gasteiger partial charge is 0.168 e. The van der Waals surface area contributed by atoms with Crippen LogP contribution in [0.2, 0.25) is 0 Å². The van der Waals surface area contributed by atoms with Crippen LogP contribution in [-0.2, 0) is 0 Å². The van der Waals surface area contributed by atoms with Crippen molar-refractivity contribution in [3.05, 3.63) is 35.9 Å². The van der Waals surface area contributed by atoms with Gasteiger partial charge in [-0.1, -0.05) is 30.3 Å². The highest BCUT2D eigenvalue weighted by Gasteiger charge is 2.60. The van der Waals surface area contributed by atoms with Crippen molar-refractivity contribution in [3.63, 3.8) is 0 Å². The van der Waals surface area contributed by atoms with Crippen LogP contribution in [0.1, 0.15) is 18.5 Å². The van der Waals surface area contributed by atoms with Crippen LogP contribution in [-0.4, -0.2) is 24.1 Å².